The summed E-state index contributed by atoms with van der Waals surface area (Å²) in [6, 6.07) is -3.59. The molecule has 1 aliphatic heterocycles. The molecule has 1 aliphatic rings. The van der Waals surface area contributed by atoms with Crippen LogP contribution in [0.5, 0.6) is 0 Å². The van der Waals surface area contributed by atoms with Gasteiger partial charge in [0.05, 0.1) is 0 Å². The lowest BCUT2D eigenvalue weighted by Gasteiger charge is -2.28. The van der Waals surface area contributed by atoms with Crippen LogP contribution in [0.4, 0.5) is 0 Å². The molecule has 1 fully saturated rings. The van der Waals surface area contributed by atoms with E-state index < -0.39 is 47.9 Å². The van der Waals surface area contributed by atoms with E-state index in [4.69, 9.17) is 0 Å². The third-order valence-corrected chi connectivity index (χ3v) is 5.22. The Kier molecular flexibility index (Phi) is 10.6. The van der Waals surface area contributed by atoms with Crippen LogP contribution in [0, 0.1) is 17.8 Å². The van der Waals surface area contributed by atoms with Gasteiger partial charge in [0.2, 0.25) is 23.6 Å². The fraction of sp³-hybridized carbons (Fsp3) is 0.773. The van der Waals surface area contributed by atoms with Crippen LogP contribution in [0.25, 0.3) is 0 Å². The molecule has 1 heterocycles. The fourth-order valence-corrected chi connectivity index (χ4v) is 3.53. The van der Waals surface area contributed by atoms with Gasteiger partial charge >= 0.3 is 5.97 Å². The Morgan fingerprint density at radius 2 is 1.44 bits per heavy atom. The van der Waals surface area contributed by atoms with Crippen LogP contribution in [0.2, 0.25) is 0 Å². The number of hydrogen-bond acceptors (Lipinski definition) is 5. The number of aliphatic carboxylic acids is 1. The Labute approximate surface area is 189 Å². The highest BCUT2D eigenvalue weighted by molar-refractivity contribution is 5.96. The second-order valence-electron chi connectivity index (χ2n) is 9.61. The van der Waals surface area contributed by atoms with Crippen molar-refractivity contribution >= 4 is 29.6 Å². The second-order valence-corrected chi connectivity index (χ2v) is 9.61. The molecule has 32 heavy (non-hydrogen) atoms. The number of rotatable bonds is 12. The maximum atomic E-state index is 13.0. The summed E-state index contributed by atoms with van der Waals surface area (Å²) in [6.45, 7) is 11.0. The number of carboxylic acids is 1. The summed E-state index contributed by atoms with van der Waals surface area (Å²) in [4.78, 5) is 61.2. The van der Waals surface area contributed by atoms with Gasteiger partial charge in [0.1, 0.15) is 24.2 Å². The molecule has 0 aromatic carbocycles. The lowest BCUT2D eigenvalue weighted by Crippen LogP contribution is -2.58. The molecule has 10 nitrogen and oxygen atoms in total. The standard InChI is InChI=1S/C22H38N4O6/c1-11(2)9-15(20(29)25-16(22(31)32)10-12(3)4)24-21(30)18(13(5)6)26-19(28)14-7-8-17(27)23-14/h11-16,18H,7-10H2,1-6H3,(H,23,27)(H,24,30)(H,25,29)(H,26,28)(H,31,32)/t14-,15-,16-,18-/m0/s1. The van der Waals surface area contributed by atoms with E-state index in [2.05, 4.69) is 21.3 Å². The van der Waals surface area contributed by atoms with E-state index in [1.807, 2.05) is 27.7 Å². The molecule has 0 spiro atoms. The van der Waals surface area contributed by atoms with Gasteiger partial charge in [-0.05, 0) is 37.0 Å². The van der Waals surface area contributed by atoms with Gasteiger partial charge in [0.15, 0.2) is 0 Å². The smallest absolute Gasteiger partial charge is 0.326 e. The topological polar surface area (TPSA) is 154 Å². The second kappa shape index (κ2) is 12.4. The van der Waals surface area contributed by atoms with E-state index in [1.54, 1.807) is 13.8 Å². The summed E-state index contributed by atoms with van der Waals surface area (Å²) in [6.07, 6.45) is 1.19. The van der Waals surface area contributed by atoms with Crippen molar-refractivity contribution in [2.24, 2.45) is 17.8 Å². The number of nitrogens with one attached hydrogen (secondary N) is 4. The molecule has 0 radical (unpaired) electrons. The molecule has 0 unspecified atom stereocenters. The van der Waals surface area contributed by atoms with Gasteiger partial charge in [-0.1, -0.05) is 41.5 Å². The van der Waals surface area contributed by atoms with Gasteiger partial charge < -0.3 is 26.4 Å². The summed E-state index contributed by atoms with van der Waals surface area (Å²) in [5.41, 5.74) is 0. The molecule has 1 saturated heterocycles. The summed E-state index contributed by atoms with van der Waals surface area (Å²) in [5, 5.41) is 19.9. The Balaban J connectivity index is 2.90. The number of hydrogen-bond donors (Lipinski definition) is 5. The Morgan fingerprint density at radius 3 is 1.88 bits per heavy atom. The van der Waals surface area contributed by atoms with Crippen molar-refractivity contribution in [2.75, 3.05) is 0 Å². The molecule has 182 valence electrons. The van der Waals surface area contributed by atoms with Gasteiger partial charge in [-0.15, -0.1) is 0 Å². The van der Waals surface area contributed by atoms with Crippen molar-refractivity contribution in [3.05, 3.63) is 0 Å². The van der Waals surface area contributed by atoms with E-state index >= 15 is 0 Å². The summed E-state index contributed by atoms with van der Waals surface area (Å²) < 4.78 is 0. The molecular weight excluding hydrogens is 416 g/mol. The van der Waals surface area contributed by atoms with Gasteiger partial charge in [0.25, 0.3) is 0 Å². The number of carbonyl (C=O) groups is 5. The van der Waals surface area contributed by atoms with Crippen molar-refractivity contribution in [3.63, 3.8) is 0 Å². The molecule has 4 atom stereocenters. The summed E-state index contributed by atoms with van der Waals surface area (Å²) in [5.74, 6) is -3.05. The normalized spacial score (nSPS) is 18.8. The van der Waals surface area contributed by atoms with Crippen LogP contribution in [0.3, 0.4) is 0 Å². The quantitative estimate of drug-likeness (QED) is 0.290. The Morgan fingerprint density at radius 1 is 0.906 bits per heavy atom. The molecule has 5 N–H and O–H groups in total. The average Bonchev–Trinajstić information content (AvgIpc) is 3.10. The molecule has 0 saturated carbocycles. The van der Waals surface area contributed by atoms with Gasteiger partial charge in [-0.25, -0.2) is 4.79 Å². The molecule has 0 aromatic heterocycles. The zero-order chi connectivity index (χ0) is 24.6. The van der Waals surface area contributed by atoms with Crippen LogP contribution in [0.1, 0.15) is 67.2 Å². The molecule has 1 rings (SSSR count). The van der Waals surface area contributed by atoms with E-state index in [9.17, 15) is 29.1 Å². The van der Waals surface area contributed by atoms with Crippen LogP contribution in [-0.4, -0.2) is 58.9 Å². The third-order valence-electron chi connectivity index (χ3n) is 5.22. The first-order valence-electron chi connectivity index (χ1n) is 11.2. The van der Waals surface area contributed by atoms with Crippen LogP contribution >= 0.6 is 0 Å². The lowest BCUT2D eigenvalue weighted by atomic mass is 9.98. The predicted molar refractivity (Wildman–Crippen MR) is 118 cm³/mol. The number of amides is 4. The maximum Gasteiger partial charge on any atom is 0.326 e. The largest absolute Gasteiger partial charge is 0.480 e. The molecular formula is C22H38N4O6. The van der Waals surface area contributed by atoms with Crippen LogP contribution in [0.15, 0.2) is 0 Å². The number of carboxylic acid groups (broad SMARTS) is 1. The minimum absolute atomic E-state index is 0.0558. The van der Waals surface area contributed by atoms with Gasteiger partial charge in [-0.2, -0.15) is 0 Å². The summed E-state index contributed by atoms with van der Waals surface area (Å²) in [7, 11) is 0. The van der Waals surface area contributed by atoms with Crippen LogP contribution < -0.4 is 21.3 Å². The highest BCUT2D eigenvalue weighted by atomic mass is 16.4. The van der Waals surface area contributed by atoms with Gasteiger partial charge in [-0.3, -0.25) is 19.2 Å². The van der Waals surface area contributed by atoms with Crippen molar-refractivity contribution in [2.45, 2.75) is 91.4 Å². The van der Waals surface area contributed by atoms with Crippen molar-refractivity contribution in [1.29, 1.82) is 0 Å². The zero-order valence-corrected chi connectivity index (χ0v) is 19.9. The Hall–Kier alpha value is -2.65. The zero-order valence-electron chi connectivity index (χ0n) is 19.9. The first-order chi connectivity index (χ1) is 14.8. The molecule has 4 amide bonds. The first-order valence-corrected chi connectivity index (χ1v) is 11.2. The monoisotopic (exact) mass is 454 g/mol. The van der Waals surface area contributed by atoms with E-state index in [0.717, 1.165) is 0 Å². The third kappa shape index (κ3) is 8.84. The molecule has 10 heteroatoms. The predicted octanol–water partition coefficient (Wildman–Crippen LogP) is 0.552. The molecule has 0 bridgehead atoms. The highest BCUT2D eigenvalue weighted by Crippen LogP contribution is 2.12. The Bertz CT molecular complexity index is 707. The van der Waals surface area contributed by atoms with E-state index in [1.165, 1.54) is 0 Å². The van der Waals surface area contributed by atoms with Gasteiger partial charge in [0, 0.05) is 6.42 Å². The first kappa shape index (κ1) is 27.4. The van der Waals surface area contributed by atoms with Crippen molar-refractivity contribution < 1.29 is 29.1 Å². The molecule has 0 aromatic rings. The average molecular weight is 455 g/mol. The van der Waals surface area contributed by atoms with Crippen LogP contribution in [-0.2, 0) is 24.0 Å². The minimum Gasteiger partial charge on any atom is -0.480 e. The highest BCUT2D eigenvalue weighted by Gasteiger charge is 2.34. The fourth-order valence-electron chi connectivity index (χ4n) is 3.53. The minimum atomic E-state index is -1.13. The molecule has 0 aliphatic carbocycles. The summed E-state index contributed by atoms with van der Waals surface area (Å²) >= 11 is 0. The maximum absolute atomic E-state index is 13.0. The number of carbonyl (C=O) groups excluding carboxylic acids is 4. The van der Waals surface area contributed by atoms with Crippen molar-refractivity contribution in [3.8, 4) is 0 Å². The SMILES string of the molecule is CC(C)C[C@H](NC(=O)[C@H](CC(C)C)NC(=O)[C@@H](NC(=O)[C@@H]1CCC(=O)N1)C(C)C)C(=O)O. The lowest BCUT2D eigenvalue weighted by molar-refractivity contribution is -0.143. The van der Waals surface area contributed by atoms with Crippen molar-refractivity contribution in [1.82, 2.24) is 21.3 Å². The van der Waals surface area contributed by atoms with E-state index in [0.29, 0.717) is 12.8 Å². The van der Waals surface area contributed by atoms with E-state index in [-0.39, 0.29) is 36.5 Å².